The van der Waals surface area contributed by atoms with Crippen LogP contribution in [0.4, 0.5) is 5.69 Å². The Labute approximate surface area is 149 Å². The predicted octanol–water partition coefficient (Wildman–Crippen LogP) is 2.15. The minimum absolute atomic E-state index is 0.299. The number of hydrogen-bond donors (Lipinski definition) is 1. The van der Waals surface area contributed by atoms with Gasteiger partial charge in [0.05, 0.1) is 11.3 Å². The maximum absolute atomic E-state index is 12.3. The van der Waals surface area contributed by atoms with Crippen LogP contribution in [-0.4, -0.2) is 38.2 Å². The Bertz CT molecular complexity index is 907. The zero-order valence-electron chi connectivity index (χ0n) is 14.3. The van der Waals surface area contributed by atoms with Crippen molar-refractivity contribution in [2.45, 2.75) is 20.0 Å². The molecule has 1 atom stereocenters. The number of carbonyl (C=O) groups is 2. The van der Waals surface area contributed by atoms with Crippen LogP contribution in [0.1, 0.15) is 22.8 Å². The summed E-state index contributed by atoms with van der Waals surface area (Å²) in [5.41, 5.74) is 2.64. The van der Waals surface area contributed by atoms with E-state index in [4.69, 9.17) is 4.74 Å². The van der Waals surface area contributed by atoms with Crippen molar-refractivity contribution in [2.24, 2.45) is 0 Å². The lowest BCUT2D eigenvalue weighted by atomic mass is 10.2. The summed E-state index contributed by atoms with van der Waals surface area (Å²) in [5, 5.41) is 13.6. The van der Waals surface area contributed by atoms with Gasteiger partial charge in [0, 0.05) is 5.69 Å². The first-order valence-electron chi connectivity index (χ1n) is 7.95. The van der Waals surface area contributed by atoms with Crippen LogP contribution in [0, 0.1) is 6.92 Å². The van der Waals surface area contributed by atoms with Crippen LogP contribution in [0.3, 0.4) is 0 Å². The molecule has 1 heterocycles. The van der Waals surface area contributed by atoms with Crippen molar-refractivity contribution in [3.63, 3.8) is 0 Å². The highest BCUT2D eigenvalue weighted by Gasteiger charge is 2.19. The highest BCUT2D eigenvalue weighted by molar-refractivity contribution is 5.97. The molecule has 1 amide bonds. The van der Waals surface area contributed by atoms with E-state index in [0.29, 0.717) is 16.9 Å². The lowest BCUT2D eigenvalue weighted by Gasteiger charge is -2.14. The van der Waals surface area contributed by atoms with Crippen molar-refractivity contribution in [3.05, 3.63) is 66.0 Å². The van der Waals surface area contributed by atoms with Gasteiger partial charge in [0.25, 0.3) is 5.91 Å². The Balaban J connectivity index is 1.64. The molecule has 0 saturated carbocycles. The van der Waals surface area contributed by atoms with Gasteiger partial charge in [-0.1, -0.05) is 23.8 Å². The molecule has 0 fully saturated rings. The number of esters is 1. The molecule has 0 unspecified atom stereocenters. The van der Waals surface area contributed by atoms with Crippen molar-refractivity contribution in [2.75, 3.05) is 5.32 Å². The van der Waals surface area contributed by atoms with E-state index in [0.717, 1.165) is 5.56 Å². The second kappa shape index (κ2) is 7.56. The normalized spacial score (nSPS) is 11.6. The van der Waals surface area contributed by atoms with E-state index in [1.807, 2.05) is 19.1 Å². The van der Waals surface area contributed by atoms with Gasteiger partial charge in [0.15, 0.2) is 6.10 Å². The molecule has 1 aromatic heterocycles. The molecule has 3 aromatic rings. The average molecular weight is 351 g/mol. The minimum atomic E-state index is -0.944. The fourth-order valence-electron chi connectivity index (χ4n) is 2.22. The first kappa shape index (κ1) is 17.3. The lowest BCUT2D eigenvalue weighted by Crippen LogP contribution is -2.30. The molecule has 0 aliphatic heterocycles. The lowest BCUT2D eigenvalue weighted by molar-refractivity contribution is -0.123. The van der Waals surface area contributed by atoms with Crippen LogP contribution >= 0.6 is 0 Å². The molecule has 0 saturated heterocycles. The topological polar surface area (TPSA) is 99.0 Å². The molecule has 0 aliphatic rings. The summed E-state index contributed by atoms with van der Waals surface area (Å²) in [6.07, 6.45) is 0.475. The van der Waals surface area contributed by atoms with Crippen molar-refractivity contribution in [1.82, 2.24) is 20.2 Å². The van der Waals surface area contributed by atoms with Gasteiger partial charge in [-0.2, -0.15) is 0 Å². The fraction of sp³-hybridized carbons (Fsp3) is 0.167. The van der Waals surface area contributed by atoms with Gasteiger partial charge >= 0.3 is 5.97 Å². The van der Waals surface area contributed by atoms with E-state index in [-0.39, 0.29) is 0 Å². The highest BCUT2D eigenvalue weighted by Crippen LogP contribution is 2.13. The summed E-state index contributed by atoms with van der Waals surface area (Å²) < 4.78 is 6.68. The number of hydrogen-bond acceptors (Lipinski definition) is 6. The molecule has 1 N–H and O–H groups in total. The van der Waals surface area contributed by atoms with Crippen molar-refractivity contribution < 1.29 is 14.3 Å². The molecule has 26 heavy (non-hydrogen) atoms. The molecule has 8 nitrogen and oxygen atoms in total. The number of anilines is 1. The Morgan fingerprint density at radius 2 is 1.92 bits per heavy atom. The number of nitrogens with zero attached hydrogens (tertiary/aromatic N) is 4. The van der Waals surface area contributed by atoms with Crippen LogP contribution in [0.5, 0.6) is 0 Å². The van der Waals surface area contributed by atoms with Crippen molar-refractivity contribution >= 4 is 17.6 Å². The van der Waals surface area contributed by atoms with Crippen LogP contribution in [-0.2, 0) is 9.53 Å². The molecule has 3 rings (SSSR count). The largest absolute Gasteiger partial charge is 0.449 e. The molecule has 8 heteroatoms. The second-order valence-electron chi connectivity index (χ2n) is 5.71. The maximum Gasteiger partial charge on any atom is 0.338 e. The van der Waals surface area contributed by atoms with Gasteiger partial charge in [-0.25, -0.2) is 9.48 Å². The molecular formula is C18H17N5O3. The summed E-state index contributed by atoms with van der Waals surface area (Å²) in [6, 6.07) is 14.0. The number of rotatable bonds is 5. The number of carbonyl (C=O) groups excluding carboxylic acids is 2. The number of aryl methyl sites for hydroxylation is 1. The summed E-state index contributed by atoms with van der Waals surface area (Å²) in [5.74, 6) is -1.01. The number of amides is 1. The molecule has 2 aromatic carbocycles. The summed E-state index contributed by atoms with van der Waals surface area (Å²) in [6.45, 7) is 3.48. The molecule has 132 valence electrons. The monoisotopic (exact) mass is 351 g/mol. The third-order valence-electron chi connectivity index (χ3n) is 3.67. The smallest absolute Gasteiger partial charge is 0.338 e. The Morgan fingerprint density at radius 1 is 1.15 bits per heavy atom. The predicted molar refractivity (Wildman–Crippen MR) is 93.8 cm³/mol. The Hall–Kier alpha value is -3.55. The first-order valence-corrected chi connectivity index (χ1v) is 7.95. The van der Waals surface area contributed by atoms with Crippen LogP contribution in [0.25, 0.3) is 5.69 Å². The number of benzene rings is 2. The van der Waals surface area contributed by atoms with E-state index in [1.54, 1.807) is 36.4 Å². The first-order chi connectivity index (χ1) is 12.5. The SMILES string of the molecule is Cc1ccc(NC(=O)[C@@H](C)OC(=O)c2cccc(-n3cnnn3)c2)cc1. The fourth-order valence-corrected chi connectivity index (χ4v) is 2.22. The zero-order valence-corrected chi connectivity index (χ0v) is 14.3. The summed E-state index contributed by atoms with van der Waals surface area (Å²) >= 11 is 0. The van der Waals surface area contributed by atoms with Crippen LogP contribution < -0.4 is 5.32 Å². The molecular weight excluding hydrogens is 334 g/mol. The van der Waals surface area contributed by atoms with Gasteiger partial charge in [0.1, 0.15) is 6.33 Å². The zero-order chi connectivity index (χ0) is 18.5. The standard InChI is InChI=1S/C18H17N5O3/c1-12-6-8-15(9-7-12)20-17(24)13(2)26-18(25)14-4-3-5-16(10-14)23-11-19-21-22-23/h3-11,13H,1-2H3,(H,20,24)/t13-/m1/s1. The van der Waals surface area contributed by atoms with E-state index in [9.17, 15) is 9.59 Å². The van der Waals surface area contributed by atoms with Gasteiger partial charge in [0.2, 0.25) is 0 Å². The molecule has 0 radical (unpaired) electrons. The van der Waals surface area contributed by atoms with Gasteiger partial charge in [-0.3, -0.25) is 4.79 Å². The van der Waals surface area contributed by atoms with Gasteiger partial charge < -0.3 is 10.1 Å². The average Bonchev–Trinajstić information content (AvgIpc) is 3.18. The van der Waals surface area contributed by atoms with Crippen molar-refractivity contribution in [1.29, 1.82) is 0 Å². The molecule has 0 aliphatic carbocycles. The Morgan fingerprint density at radius 3 is 2.62 bits per heavy atom. The van der Waals surface area contributed by atoms with Gasteiger partial charge in [-0.05, 0) is 54.6 Å². The van der Waals surface area contributed by atoms with E-state index >= 15 is 0 Å². The third kappa shape index (κ3) is 4.10. The number of ether oxygens (including phenoxy) is 1. The summed E-state index contributed by atoms with van der Waals surface area (Å²) in [7, 11) is 0. The summed E-state index contributed by atoms with van der Waals surface area (Å²) in [4.78, 5) is 24.5. The Kier molecular flexibility index (Phi) is 5.02. The minimum Gasteiger partial charge on any atom is -0.449 e. The molecule has 0 spiro atoms. The van der Waals surface area contributed by atoms with E-state index in [1.165, 1.54) is 17.9 Å². The molecule has 0 bridgehead atoms. The van der Waals surface area contributed by atoms with Crippen LogP contribution in [0.2, 0.25) is 0 Å². The van der Waals surface area contributed by atoms with Crippen LogP contribution in [0.15, 0.2) is 54.9 Å². The van der Waals surface area contributed by atoms with Gasteiger partial charge in [-0.15, -0.1) is 5.10 Å². The highest BCUT2D eigenvalue weighted by atomic mass is 16.5. The second-order valence-corrected chi connectivity index (χ2v) is 5.71. The number of nitrogens with one attached hydrogen (secondary N) is 1. The van der Waals surface area contributed by atoms with E-state index < -0.39 is 18.0 Å². The van der Waals surface area contributed by atoms with E-state index in [2.05, 4.69) is 20.8 Å². The van der Waals surface area contributed by atoms with Crippen molar-refractivity contribution in [3.8, 4) is 5.69 Å². The quantitative estimate of drug-likeness (QED) is 0.707. The number of aromatic nitrogens is 4. The third-order valence-corrected chi connectivity index (χ3v) is 3.67. The maximum atomic E-state index is 12.3. The number of tetrazole rings is 1.